The van der Waals surface area contributed by atoms with Crippen LogP contribution in [-0.4, -0.2) is 9.97 Å². The first-order valence-corrected chi connectivity index (χ1v) is 5.04. The smallest absolute Gasteiger partial charge is 0.144 e. The minimum Gasteiger partial charge on any atom is -0.362 e. The Kier molecular flexibility index (Phi) is 3.10. The van der Waals surface area contributed by atoms with Crippen LogP contribution in [0.3, 0.4) is 0 Å². The highest BCUT2D eigenvalue weighted by molar-refractivity contribution is 5.35. The first kappa shape index (κ1) is 10.5. The Morgan fingerprint density at radius 2 is 2.06 bits per heavy atom. The summed E-state index contributed by atoms with van der Waals surface area (Å²) in [6, 6.07) is 6.55. The monoisotopic (exact) mass is 217 g/mol. The van der Waals surface area contributed by atoms with Gasteiger partial charge in [-0.2, -0.15) is 0 Å². The highest BCUT2D eigenvalue weighted by Gasteiger charge is 2.09. The Bertz CT molecular complexity index is 459. The number of nitrogens with one attached hydrogen (secondary N) is 1. The Hall–Kier alpha value is -1.97. The molecule has 2 rings (SSSR count). The first-order valence-electron chi connectivity index (χ1n) is 5.04. The van der Waals surface area contributed by atoms with Gasteiger partial charge >= 0.3 is 0 Å². The normalized spacial score (nSPS) is 12.1. The number of rotatable bonds is 3. The number of hydrogen-bond donors (Lipinski definition) is 1. The third-order valence-corrected chi connectivity index (χ3v) is 2.30. The van der Waals surface area contributed by atoms with Gasteiger partial charge in [-0.3, -0.25) is 4.98 Å². The molecule has 1 unspecified atom stereocenters. The Balaban J connectivity index is 2.15. The van der Waals surface area contributed by atoms with Crippen LogP contribution in [0.5, 0.6) is 0 Å². The van der Waals surface area contributed by atoms with Crippen molar-refractivity contribution >= 4 is 5.82 Å². The lowest BCUT2D eigenvalue weighted by molar-refractivity contribution is 0.600. The fraction of sp³-hybridized carbons (Fsp3) is 0.167. The average molecular weight is 217 g/mol. The lowest BCUT2D eigenvalue weighted by Gasteiger charge is -2.14. The fourth-order valence-electron chi connectivity index (χ4n) is 1.50. The van der Waals surface area contributed by atoms with Crippen LogP contribution in [0.1, 0.15) is 18.5 Å². The van der Waals surface area contributed by atoms with E-state index in [2.05, 4.69) is 15.3 Å². The zero-order valence-electron chi connectivity index (χ0n) is 8.89. The first-order chi connectivity index (χ1) is 7.77. The lowest BCUT2D eigenvalue weighted by Crippen LogP contribution is -2.09. The van der Waals surface area contributed by atoms with Gasteiger partial charge < -0.3 is 5.32 Å². The van der Waals surface area contributed by atoms with Gasteiger partial charge in [0.15, 0.2) is 0 Å². The third-order valence-electron chi connectivity index (χ3n) is 2.30. The zero-order chi connectivity index (χ0) is 11.4. The maximum atomic E-state index is 13.5. The van der Waals surface area contributed by atoms with Crippen molar-refractivity contribution in [3.63, 3.8) is 0 Å². The number of benzene rings is 1. The largest absolute Gasteiger partial charge is 0.362 e. The zero-order valence-corrected chi connectivity index (χ0v) is 8.89. The number of anilines is 1. The fourth-order valence-corrected chi connectivity index (χ4v) is 1.50. The SMILES string of the molecule is CC(Nc1cnccn1)c1ccccc1F. The molecule has 1 heterocycles. The highest BCUT2D eigenvalue weighted by atomic mass is 19.1. The third kappa shape index (κ3) is 2.34. The van der Waals surface area contributed by atoms with Crippen molar-refractivity contribution in [2.24, 2.45) is 0 Å². The minimum absolute atomic E-state index is 0.141. The predicted molar refractivity (Wildman–Crippen MR) is 60.5 cm³/mol. The van der Waals surface area contributed by atoms with Crippen LogP contribution >= 0.6 is 0 Å². The Labute approximate surface area is 93.4 Å². The summed E-state index contributed by atoms with van der Waals surface area (Å²) in [5.41, 5.74) is 0.619. The van der Waals surface area contributed by atoms with Crippen molar-refractivity contribution in [2.45, 2.75) is 13.0 Å². The second-order valence-corrected chi connectivity index (χ2v) is 3.48. The molecular weight excluding hydrogens is 205 g/mol. The molecule has 0 aliphatic rings. The van der Waals surface area contributed by atoms with Gasteiger partial charge in [-0.25, -0.2) is 9.37 Å². The van der Waals surface area contributed by atoms with Gasteiger partial charge in [0.2, 0.25) is 0 Å². The van der Waals surface area contributed by atoms with Crippen LogP contribution in [0, 0.1) is 5.82 Å². The van der Waals surface area contributed by atoms with Crippen LogP contribution in [-0.2, 0) is 0 Å². The van der Waals surface area contributed by atoms with E-state index in [1.165, 1.54) is 6.07 Å². The molecule has 0 amide bonds. The van der Waals surface area contributed by atoms with Gasteiger partial charge in [0.1, 0.15) is 11.6 Å². The summed E-state index contributed by atoms with van der Waals surface area (Å²) >= 11 is 0. The van der Waals surface area contributed by atoms with E-state index >= 15 is 0 Å². The van der Waals surface area contributed by atoms with E-state index in [9.17, 15) is 4.39 Å². The molecule has 16 heavy (non-hydrogen) atoms. The minimum atomic E-state index is -0.216. The molecule has 2 aromatic rings. The maximum absolute atomic E-state index is 13.5. The summed E-state index contributed by atoms with van der Waals surface area (Å²) in [5, 5.41) is 3.09. The van der Waals surface area contributed by atoms with Gasteiger partial charge in [0, 0.05) is 18.0 Å². The quantitative estimate of drug-likeness (QED) is 0.859. The van der Waals surface area contributed by atoms with Crippen LogP contribution in [0.2, 0.25) is 0 Å². The van der Waals surface area contributed by atoms with Gasteiger partial charge in [-0.15, -0.1) is 0 Å². The van der Waals surface area contributed by atoms with Crippen LogP contribution < -0.4 is 5.32 Å². The number of nitrogens with zero attached hydrogens (tertiary/aromatic N) is 2. The standard InChI is InChI=1S/C12H12FN3/c1-9(10-4-2-3-5-11(10)13)16-12-8-14-6-7-15-12/h2-9H,1H3,(H,15,16). The highest BCUT2D eigenvalue weighted by Crippen LogP contribution is 2.19. The lowest BCUT2D eigenvalue weighted by atomic mass is 10.1. The van der Waals surface area contributed by atoms with E-state index in [0.29, 0.717) is 11.4 Å². The molecule has 4 heteroatoms. The van der Waals surface area contributed by atoms with Crippen molar-refractivity contribution in [2.75, 3.05) is 5.32 Å². The van der Waals surface area contributed by atoms with Crippen LogP contribution in [0.25, 0.3) is 0 Å². The summed E-state index contributed by atoms with van der Waals surface area (Å²) < 4.78 is 13.5. The maximum Gasteiger partial charge on any atom is 0.144 e. The van der Waals surface area contributed by atoms with Gasteiger partial charge in [0.05, 0.1) is 12.2 Å². The summed E-state index contributed by atoms with van der Waals surface area (Å²) in [5.74, 6) is 0.421. The van der Waals surface area contributed by atoms with Gasteiger partial charge in [-0.1, -0.05) is 18.2 Å². The molecule has 1 aromatic carbocycles. The van der Waals surface area contributed by atoms with E-state index in [1.807, 2.05) is 13.0 Å². The topological polar surface area (TPSA) is 37.8 Å². The number of aromatic nitrogens is 2. The molecule has 0 aliphatic heterocycles. The Morgan fingerprint density at radius 3 is 2.75 bits per heavy atom. The molecule has 0 aliphatic carbocycles. The number of halogens is 1. The molecule has 0 bridgehead atoms. The van der Waals surface area contributed by atoms with E-state index in [4.69, 9.17) is 0 Å². The summed E-state index contributed by atoms with van der Waals surface area (Å²) in [4.78, 5) is 8.01. The summed E-state index contributed by atoms with van der Waals surface area (Å²) in [7, 11) is 0. The van der Waals surface area contributed by atoms with Crippen molar-refractivity contribution in [1.29, 1.82) is 0 Å². The molecule has 82 valence electrons. The van der Waals surface area contributed by atoms with Crippen LogP contribution in [0.15, 0.2) is 42.9 Å². The second-order valence-electron chi connectivity index (χ2n) is 3.48. The molecule has 1 N–H and O–H groups in total. The predicted octanol–water partition coefficient (Wildman–Crippen LogP) is 2.79. The van der Waals surface area contributed by atoms with Crippen molar-refractivity contribution in [3.8, 4) is 0 Å². The van der Waals surface area contributed by atoms with E-state index in [-0.39, 0.29) is 11.9 Å². The van der Waals surface area contributed by atoms with Crippen LogP contribution in [0.4, 0.5) is 10.2 Å². The molecular formula is C12H12FN3. The van der Waals surface area contributed by atoms with Crippen molar-refractivity contribution in [1.82, 2.24) is 9.97 Å². The van der Waals surface area contributed by atoms with E-state index < -0.39 is 0 Å². The molecule has 1 aromatic heterocycles. The molecule has 3 nitrogen and oxygen atoms in total. The molecule has 0 saturated heterocycles. The molecule has 0 fully saturated rings. The van der Waals surface area contributed by atoms with E-state index in [0.717, 1.165) is 0 Å². The van der Waals surface area contributed by atoms with Crippen molar-refractivity contribution < 1.29 is 4.39 Å². The summed E-state index contributed by atoms with van der Waals surface area (Å²) in [6.07, 6.45) is 4.80. The van der Waals surface area contributed by atoms with E-state index in [1.54, 1.807) is 30.7 Å². The van der Waals surface area contributed by atoms with Crippen molar-refractivity contribution in [3.05, 3.63) is 54.2 Å². The Morgan fingerprint density at radius 1 is 1.25 bits per heavy atom. The molecule has 0 spiro atoms. The van der Waals surface area contributed by atoms with Gasteiger partial charge in [-0.05, 0) is 13.0 Å². The summed E-state index contributed by atoms with van der Waals surface area (Å²) in [6.45, 7) is 1.88. The molecule has 1 atom stereocenters. The average Bonchev–Trinajstić information content (AvgIpc) is 2.31. The van der Waals surface area contributed by atoms with Gasteiger partial charge in [0.25, 0.3) is 0 Å². The number of hydrogen-bond acceptors (Lipinski definition) is 3. The molecule has 0 saturated carbocycles. The second kappa shape index (κ2) is 4.70. The molecule has 0 radical (unpaired) electrons.